The van der Waals surface area contributed by atoms with Crippen molar-refractivity contribution in [1.82, 2.24) is 9.78 Å². The van der Waals surface area contributed by atoms with Crippen LogP contribution in [0.3, 0.4) is 0 Å². The summed E-state index contributed by atoms with van der Waals surface area (Å²) in [6.45, 7) is 3.22. The van der Waals surface area contributed by atoms with Gasteiger partial charge in [-0.05, 0) is 12.5 Å². The zero-order chi connectivity index (χ0) is 12.4. The number of ketones is 1. The molecule has 0 saturated carbocycles. The third kappa shape index (κ3) is 2.11. The maximum atomic E-state index is 13.4. The van der Waals surface area contributed by atoms with Crippen LogP contribution in [0, 0.1) is 5.82 Å². The number of nitrogens with zero attached hydrogens (tertiary/aromatic N) is 2. The van der Waals surface area contributed by atoms with E-state index >= 15 is 0 Å². The first-order valence-corrected chi connectivity index (χ1v) is 5.40. The second-order valence-corrected chi connectivity index (χ2v) is 3.93. The van der Waals surface area contributed by atoms with Crippen LogP contribution >= 0.6 is 0 Å². The van der Waals surface area contributed by atoms with Gasteiger partial charge in [-0.2, -0.15) is 5.10 Å². The molecule has 0 bridgehead atoms. The number of carbonyl (C=O) groups excluding carboxylic acids is 1. The molecule has 2 aromatic rings. The third-order valence-corrected chi connectivity index (χ3v) is 2.73. The maximum absolute atomic E-state index is 13.4. The summed E-state index contributed by atoms with van der Waals surface area (Å²) in [7, 11) is 0. The van der Waals surface area contributed by atoms with E-state index in [1.165, 1.54) is 11.6 Å². The summed E-state index contributed by atoms with van der Waals surface area (Å²) < 4.78 is 14.9. The molecule has 3 nitrogen and oxygen atoms in total. The van der Waals surface area contributed by atoms with Crippen LogP contribution in [0.1, 0.15) is 35.9 Å². The lowest BCUT2D eigenvalue weighted by atomic mass is 10.1. The van der Waals surface area contributed by atoms with Gasteiger partial charge in [-0.15, -0.1) is 0 Å². The third-order valence-electron chi connectivity index (χ3n) is 2.73. The molecule has 0 aliphatic rings. The van der Waals surface area contributed by atoms with Crippen LogP contribution in [-0.4, -0.2) is 15.6 Å². The van der Waals surface area contributed by atoms with Gasteiger partial charge in [0, 0.05) is 6.92 Å². The van der Waals surface area contributed by atoms with Crippen molar-refractivity contribution in [2.45, 2.75) is 19.9 Å². The van der Waals surface area contributed by atoms with Gasteiger partial charge in [-0.1, -0.05) is 30.3 Å². The lowest BCUT2D eigenvalue weighted by Crippen LogP contribution is -2.15. The minimum absolute atomic E-state index is 0.0290. The number of rotatable bonds is 3. The highest BCUT2D eigenvalue weighted by molar-refractivity contribution is 5.92. The SMILES string of the molecule is CC(=O)c1c(F)cnn1[C@H](C)c1ccccc1. The molecular formula is C13H13FN2O. The number of hydrogen-bond donors (Lipinski definition) is 0. The van der Waals surface area contributed by atoms with Gasteiger partial charge in [0.05, 0.1) is 12.2 Å². The first kappa shape index (κ1) is 11.5. The number of carbonyl (C=O) groups is 1. The van der Waals surface area contributed by atoms with Crippen molar-refractivity contribution in [1.29, 1.82) is 0 Å². The van der Waals surface area contributed by atoms with Gasteiger partial charge in [0.1, 0.15) is 5.69 Å². The van der Waals surface area contributed by atoms with E-state index in [1.807, 2.05) is 37.3 Å². The van der Waals surface area contributed by atoms with Crippen LogP contribution in [-0.2, 0) is 0 Å². The fourth-order valence-electron chi connectivity index (χ4n) is 1.84. The van der Waals surface area contributed by atoms with Crippen LogP contribution in [0.25, 0.3) is 0 Å². The summed E-state index contributed by atoms with van der Waals surface area (Å²) >= 11 is 0. The van der Waals surface area contributed by atoms with Crippen LogP contribution in [0.15, 0.2) is 36.5 Å². The first-order chi connectivity index (χ1) is 8.11. The number of hydrogen-bond acceptors (Lipinski definition) is 2. The molecule has 17 heavy (non-hydrogen) atoms. The Balaban J connectivity index is 2.45. The molecule has 1 heterocycles. The van der Waals surface area contributed by atoms with Crippen LogP contribution in [0.5, 0.6) is 0 Å². The average molecular weight is 232 g/mol. The molecule has 0 N–H and O–H groups in total. The fourth-order valence-corrected chi connectivity index (χ4v) is 1.84. The predicted octanol–water partition coefficient (Wildman–Crippen LogP) is 2.83. The standard InChI is InChI=1S/C13H13FN2O/c1-9(11-6-4-3-5-7-11)16-13(10(2)17)12(14)8-15-16/h3-9H,1-2H3/t9-/m1/s1. The van der Waals surface area contributed by atoms with E-state index in [9.17, 15) is 9.18 Å². The van der Waals surface area contributed by atoms with Crippen molar-refractivity contribution < 1.29 is 9.18 Å². The largest absolute Gasteiger partial charge is 0.293 e. The Morgan fingerprint density at radius 1 is 1.35 bits per heavy atom. The average Bonchev–Trinajstić information content (AvgIpc) is 2.71. The van der Waals surface area contributed by atoms with E-state index in [0.717, 1.165) is 11.8 Å². The predicted molar refractivity (Wildman–Crippen MR) is 62.4 cm³/mol. The molecule has 2 rings (SSSR count). The van der Waals surface area contributed by atoms with E-state index in [2.05, 4.69) is 5.10 Å². The van der Waals surface area contributed by atoms with Crippen molar-refractivity contribution >= 4 is 5.78 Å². The summed E-state index contributed by atoms with van der Waals surface area (Å²) in [6, 6.07) is 9.39. The van der Waals surface area contributed by atoms with Gasteiger partial charge >= 0.3 is 0 Å². The van der Waals surface area contributed by atoms with Crippen molar-refractivity contribution in [3.63, 3.8) is 0 Å². The van der Waals surface area contributed by atoms with E-state index < -0.39 is 5.82 Å². The second-order valence-electron chi connectivity index (χ2n) is 3.93. The Bertz CT molecular complexity index is 534. The molecule has 88 valence electrons. The summed E-state index contributed by atoms with van der Waals surface area (Å²) in [5.41, 5.74) is 1.01. The Labute approximate surface area is 98.9 Å². The molecule has 1 aromatic carbocycles. The zero-order valence-electron chi connectivity index (χ0n) is 9.72. The highest BCUT2D eigenvalue weighted by Gasteiger charge is 2.19. The minimum Gasteiger partial charge on any atom is -0.293 e. The second kappa shape index (κ2) is 4.49. The van der Waals surface area contributed by atoms with Gasteiger partial charge < -0.3 is 0 Å². The maximum Gasteiger partial charge on any atom is 0.180 e. The van der Waals surface area contributed by atoms with E-state index in [4.69, 9.17) is 0 Å². The lowest BCUT2D eigenvalue weighted by Gasteiger charge is -2.14. The molecular weight excluding hydrogens is 219 g/mol. The molecule has 0 aliphatic heterocycles. The van der Waals surface area contributed by atoms with Crippen molar-refractivity contribution in [3.8, 4) is 0 Å². The Morgan fingerprint density at radius 2 is 2.00 bits per heavy atom. The van der Waals surface area contributed by atoms with Crippen molar-refractivity contribution in [2.24, 2.45) is 0 Å². The lowest BCUT2D eigenvalue weighted by molar-refractivity contribution is 0.0998. The minimum atomic E-state index is -0.569. The normalized spacial score (nSPS) is 12.4. The molecule has 0 aliphatic carbocycles. The zero-order valence-corrected chi connectivity index (χ0v) is 9.72. The monoisotopic (exact) mass is 232 g/mol. The molecule has 0 unspecified atom stereocenters. The summed E-state index contributed by atoms with van der Waals surface area (Å²) in [4.78, 5) is 11.4. The first-order valence-electron chi connectivity index (χ1n) is 5.40. The Kier molecular flexibility index (Phi) is 3.04. The molecule has 1 atom stereocenters. The van der Waals surface area contributed by atoms with Gasteiger partial charge in [0.15, 0.2) is 11.6 Å². The Morgan fingerprint density at radius 3 is 2.59 bits per heavy atom. The van der Waals surface area contributed by atoms with Crippen LogP contribution in [0.4, 0.5) is 4.39 Å². The van der Waals surface area contributed by atoms with E-state index in [-0.39, 0.29) is 17.5 Å². The van der Waals surface area contributed by atoms with Gasteiger partial charge in [0.2, 0.25) is 0 Å². The molecule has 1 aromatic heterocycles. The topological polar surface area (TPSA) is 34.9 Å². The smallest absolute Gasteiger partial charge is 0.180 e. The summed E-state index contributed by atoms with van der Waals surface area (Å²) in [5.74, 6) is -0.886. The Hall–Kier alpha value is -1.97. The van der Waals surface area contributed by atoms with Gasteiger partial charge in [0.25, 0.3) is 0 Å². The van der Waals surface area contributed by atoms with E-state index in [1.54, 1.807) is 0 Å². The number of aromatic nitrogens is 2. The van der Waals surface area contributed by atoms with Crippen LogP contribution in [0.2, 0.25) is 0 Å². The number of halogens is 1. The molecule has 0 fully saturated rings. The fraction of sp³-hybridized carbons (Fsp3) is 0.231. The number of benzene rings is 1. The van der Waals surface area contributed by atoms with Crippen molar-refractivity contribution in [2.75, 3.05) is 0 Å². The molecule has 4 heteroatoms. The van der Waals surface area contributed by atoms with Crippen LogP contribution < -0.4 is 0 Å². The van der Waals surface area contributed by atoms with Gasteiger partial charge in [-0.25, -0.2) is 4.39 Å². The highest BCUT2D eigenvalue weighted by Crippen LogP contribution is 2.20. The summed E-state index contributed by atoms with van der Waals surface area (Å²) in [6.07, 6.45) is 1.08. The molecule has 0 amide bonds. The summed E-state index contributed by atoms with van der Waals surface area (Å²) in [5, 5.41) is 3.93. The molecule has 0 saturated heterocycles. The highest BCUT2D eigenvalue weighted by atomic mass is 19.1. The van der Waals surface area contributed by atoms with Gasteiger partial charge in [-0.3, -0.25) is 9.48 Å². The molecule has 0 spiro atoms. The molecule has 0 radical (unpaired) electrons. The number of Topliss-reactive ketones (excluding diaryl/α,β-unsaturated/α-hetero) is 1. The van der Waals surface area contributed by atoms with Crippen molar-refractivity contribution in [3.05, 3.63) is 53.6 Å². The quantitative estimate of drug-likeness (QED) is 0.763. The van der Waals surface area contributed by atoms with E-state index in [0.29, 0.717) is 0 Å².